The Labute approximate surface area is 111 Å². The fourth-order valence-electron chi connectivity index (χ4n) is 2.34. The molecule has 0 aliphatic carbocycles. The van der Waals surface area contributed by atoms with Crippen LogP contribution in [0.3, 0.4) is 0 Å². The molecule has 19 heavy (non-hydrogen) atoms. The molecule has 1 amide bonds. The minimum Gasteiger partial charge on any atom is -0.378 e. The summed E-state index contributed by atoms with van der Waals surface area (Å²) >= 11 is 0. The number of carbonyl (C=O) groups is 1. The van der Waals surface area contributed by atoms with Crippen molar-refractivity contribution in [3.63, 3.8) is 0 Å². The molecule has 2 rings (SSSR count). The summed E-state index contributed by atoms with van der Waals surface area (Å²) < 4.78 is 8.24. The maximum Gasteiger partial charge on any atom is 0.364 e. The Morgan fingerprint density at radius 3 is 2.47 bits per heavy atom. The molecule has 0 radical (unpaired) electrons. The van der Waals surface area contributed by atoms with E-state index >= 15 is 0 Å². The molecule has 0 spiro atoms. The van der Waals surface area contributed by atoms with Gasteiger partial charge in [-0.2, -0.15) is 4.98 Å². The Hall–Kier alpha value is -1.63. The van der Waals surface area contributed by atoms with Gasteiger partial charge >= 0.3 is 5.69 Å². The molecule has 7 heteroatoms. The van der Waals surface area contributed by atoms with E-state index in [2.05, 4.69) is 4.98 Å². The Morgan fingerprint density at radius 1 is 1.37 bits per heavy atom. The highest BCUT2D eigenvalue weighted by molar-refractivity contribution is 5.80. The SMILES string of the molecule is CC(C)C(C(=O)N1CCOCC1)n1c(=O)ncn1C. The van der Waals surface area contributed by atoms with Crippen molar-refractivity contribution in [1.29, 1.82) is 0 Å². The predicted octanol–water partition coefficient (Wildman–Crippen LogP) is -0.362. The number of nitrogens with zero attached hydrogens (tertiary/aromatic N) is 4. The zero-order valence-electron chi connectivity index (χ0n) is 11.6. The highest BCUT2D eigenvalue weighted by Gasteiger charge is 2.32. The monoisotopic (exact) mass is 268 g/mol. The highest BCUT2D eigenvalue weighted by Crippen LogP contribution is 2.19. The predicted molar refractivity (Wildman–Crippen MR) is 68.7 cm³/mol. The second kappa shape index (κ2) is 5.56. The molecule has 1 aliphatic rings. The second-order valence-corrected chi connectivity index (χ2v) is 5.07. The molecule has 1 aromatic rings. The van der Waals surface area contributed by atoms with Gasteiger partial charge in [0.15, 0.2) is 0 Å². The van der Waals surface area contributed by atoms with Gasteiger partial charge in [0.2, 0.25) is 5.91 Å². The Bertz CT molecular complexity index is 499. The van der Waals surface area contributed by atoms with Gasteiger partial charge in [0.25, 0.3) is 0 Å². The van der Waals surface area contributed by atoms with Crippen molar-refractivity contribution in [3.05, 3.63) is 16.8 Å². The third kappa shape index (κ3) is 2.70. The largest absolute Gasteiger partial charge is 0.378 e. The minimum absolute atomic E-state index is 0.0171. The summed E-state index contributed by atoms with van der Waals surface area (Å²) in [5.41, 5.74) is -0.386. The quantitative estimate of drug-likeness (QED) is 0.750. The van der Waals surface area contributed by atoms with Crippen LogP contribution in [0.15, 0.2) is 11.1 Å². The summed E-state index contributed by atoms with van der Waals surface area (Å²) in [4.78, 5) is 29.9. The molecule has 1 fully saturated rings. The number of aromatic nitrogens is 3. The third-order valence-corrected chi connectivity index (χ3v) is 3.34. The molecule has 1 saturated heterocycles. The van der Waals surface area contributed by atoms with Crippen molar-refractivity contribution >= 4 is 5.91 Å². The lowest BCUT2D eigenvalue weighted by Crippen LogP contribution is -2.48. The molecule has 0 aromatic carbocycles. The van der Waals surface area contributed by atoms with Crippen molar-refractivity contribution in [2.45, 2.75) is 19.9 Å². The van der Waals surface area contributed by atoms with Crippen molar-refractivity contribution in [3.8, 4) is 0 Å². The Balaban J connectivity index is 2.30. The average molecular weight is 268 g/mol. The van der Waals surface area contributed by atoms with Gasteiger partial charge in [0.05, 0.1) is 13.2 Å². The van der Waals surface area contributed by atoms with Crippen LogP contribution in [0, 0.1) is 5.92 Å². The van der Waals surface area contributed by atoms with E-state index in [-0.39, 0.29) is 17.5 Å². The lowest BCUT2D eigenvalue weighted by molar-refractivity contribution is -0.141. The summed E-state index contributed by atoms with van der Waals surface area (Å²) in [6.45, 7) is 6.13. The fourth-order valence-corrected chi connectivity index (χ4v) is 2.34. The molecule has 1 atom stereocenters. The molecule has 7 nitrogen and oxygen atoms in total. The molecule has 2 heterocycles. The van der Waals surface area contributed by atoms with Gasteiger partial charge in [-0.05, 0) is 5.92 Å². The first-order valence-electron chi connectivity index (χ1n) is 6.49. The van der Waals surface area contributed by atoms with Crippen molar-refractivity contribution < 1.29 is 9.53 Å². The summed E-state index contributed by atoms with van der Waals surface area (Å²) in [5, 5.41) is 0. The van der Waals surface area contributed by atoms with Gasteiger partial charge in [-0.3, -0.25) is 9.48 Å². The van der Waals surface area contributed by atoms with Gasteiger partial charge in [-0.1, -0.05) is 13.8 Å². The van der Waals surface area contributed by atoms with E-state index in [0.29, 0.717) is 26.3 Å². The van der Waals surface area contributed by atoms with E-state index in [0.717, 1.165) is 0 Å². The molecule has 0 bridgehead atoms. The standard InChI is InChI=1S/C12H20N4O3/c1-9(2)10(16-12(18)13-8-14(16)3)11(17)15-4-6-19-7-5-15/h8-10H,4-7H2,1-3H3. The van der Waals surface area contributed by atoms with Gasteiger partial charge in [0, 0.05) is 20.1 Å². The van der Waals surface area contributed by atoms with E-state index in [1.54, 1.807) is 16.6 Å². The van der Waals surface area contributed by atoms with Crippen LogP contribution in [-0.4, -0.2) is 51.5 Å². The van der Waals surface area contributed by atoms with E-state index in [1.165, 1.54) is 11.0 Å². The highest BCUT2D eigenvalue weighted by atomic mass is 16.5. The Kier molecular flexibility index (Phi) is 4.04. The number of ether oxygens (including phenoxy) is 1. The van der Waals surface area contributed by atoms with Crippen LogP contribution < -0.4 is 5.69 Å². The number of morpholine rings is 1. The molecular weight excluding hydrogens is 248 g/mol. The van der Waals surface area contributed by atoms with Gasteiger partial charge in [-0.25, -0.2) is 9.48 Å². The van der Waals surface area contributed by atoms with Gasteiger partial charge in [0.1, 0.15) is 12.4 Å². The summed E-state index contributed by atoms with van der Waals surface area (Å²) in [7, 11) is 1.72. The zero-order valence-corrected chi connectivity index (χ0v) is 11.6. The molecule has 0 saturated carbocycles. The maximum atomic E-state index is 12.6. The molecular formula is C12H20N4O3. The lowest BCUT2D eigenvalue weighted by Gasteiger charge is -2.32. The summed E-state index contributed by atoms with van der Waals surface area (Å²) in [5.74, 6) is -0.0209. The van der Waals surface area contributed by atoms with E-state index in [1.807, 2.05) is 13.8 Å². The van der Waals surface area contributed by atoms with Crippen LogP contribution in [0.1, 0.15) is 19.9 Å². The number of aryl methyl sites for hydroxylation is 1. The molecule has 1 aromatic heterocycles. The van der Waals surface area contributed by atoms with Crippen LogP contribution in [0.2, 0.25) is 0 Å². The summed E-state index contributed by atoms with van der Waals surface area (Å²) in [6, 6.07) is -0.516. The average Bonchev–Trinajstić information content (AvgIpc) is 2.71. The molecule has 1 unspecified atom stereocenters. The van der Waals surface area contributed by atoms with Crippen LogP contribution >= 0.6 is 0 Å². The van der Waals surface area contributed by atoms with E-state index < -0.39 is 6.04 Å². The maximum absolute atomic E-state index is 12.6. The smallest absolute Gasteiger partial charge is 0.364 e. The van der Waals surface area contributed by atoms with Crippen LogP contribution in [-0.2, 0) is 16.6 Å². The van der Waals surface area contributed by atoms with Gasteiger partial charge < -0.3 is 9.64 Å². The van der Waals surface area contributed by atoms with Crippen molar-refractivity contribution in [1.82, 2.24) is 19.2 Å². The van der Waals surface area contributed by atoms with Crippen LogP contribution in [0.25, 0.3) is 0 Å². The minimum atomic E-state index is -0.516. The Morgan fingerprint density at radius 2 is 2.00 bits per heavy atom. The van der Waals surface area contributed by atoms with Crippen LogP contribution in [0.5, 0.6) is 0 Å². The van der Waals surface area contributed by atoms with E-state index in [4.69, 9.17) is 4.74 Å². The van der Waals surface area contributed by atoms with Gasteiger partial charge in [-0.15, -0.1) is 0 Å². The number of rotatable bonds is 3. The topological polar surface area (TPSA) is 69.4 Å². The summed E-state index contributed by atoms with van der Waals surface area (Å²) in [6.07, 6.45) is 1.43. The first-order valence-corrected chi connectivity index (χ1v) is 6.49. The molecule has 1 aliphatic heterocycles. The number of amides is 1. The number of hydrogen-bond acceptors (Lipinski definition) is 4. The first-order chi connectivity index (χ1) is 9.02. The van der Waals surface area contributed by atoms with Crippen molar-refractivity contribution in [2.24, 2.45) is 13.0 Å². The normalized spacial score (nSPS) is 17.8. The van der Waals surface area contributed by atoms with Crippen molar-refractivity contribution in [2.75, 3.05) is 26.3 Å². The third-order valence-electron chi connectivity index (χ3n) is 3.34. The lowest BCUT2D eigenvalue weighted by atomic mass is 10.0. The second-order valence-electron chi connectivity index (χ2n) is 5.07. The zero-order chi connectivity index (χ0) is 14.0. The van der Waals surface area contributed by atoms with Crippen LogP contribution in [0.4, 0.5) is 0 Å². The first kappa shape index (κ1) is 13.8. The molecule has 106 valence electrons. The number of carbonyl (C=O) groups excluding carboxylic acids is 1. The fraction of sp³-hybridized carbons (Fsp3) is 0.750. The number of hydrogen-bond donors (Lipinski definition) is 0. The van der Waals surface area contributed by atoms with E-state index in [9.17, 15) is 9.59 Å². The molecule has 0 N–H and O–H groups in total.